The molecule has 100 valence electrons. The van der Waals surface area contributed by atoms with Crippen molar-refractivity contribution in [2.24, 2.45) is 0 Å². The van der Waals surface area contributed by atoms with Gasteiger partial charge in [-0.05, 0) is 44.2 Å². The van der Waals surface area contributed by atoms with Crippen LogP contribution in [0.2, 0.25) is 5.15 Å². The summed E-state index contributed by atoms with van der Waals surface area (Å²) in [7, 11) is 0. The summed E-state index contributed by atoms with van der Waals surface area (Å²) in [6.45, 7) is 2.91. The summed E-state index contributed by atoms with van der Waals surface area (Å²) in [5, 5.41) is 9.60. The van der Waals surface area contributed by atoms with Crippen LogP contribution in [-0.4, -0.2) is 10.1 Å². The Bertz CT molecular complexity index is 606. The van der Waals surface area contributed by atoms with E-state index in [0.29, 0.717) is 11.3 Å². The Morgan fingerprint density at radius 1 is 1.16 bits per heavy atom. The lowest BCUT2D eigenvalue weighted by atomic mass is 9.97. The van der Waals surface area contributed by atoms with Crippen LogP contribution in [0.5, 0.6) is 0 Å². The summed E-state index contributed by atoms with van der Waals surface area (Å²) in [4.78, 5) is 3.90. The second-order valence-corrected chi connectivity index (χ2v) is 5.08. The minimum Gasteiger partial charge on any atom is -0.386 e. The molecule has 0 aliphatic carbocycles. The van der Waals surface area contributed by atoms with Gasteiger partial charge >= 0.3 is 0 Å². The van der Waals surface area contributed by atoms with Crippen LogP contribution in [0.4, 0.5) is 8.78 Å². The minimum absolute atomic E-state index is 0.0480. The maximum absolute atomic E-state index is 13.8. The first kappa shape index (κ1) is 13.9. The van der Waals surface area contributed by atoms with Crippen LogP contribution in [0.15, 0.2) is 30.3 Å². The van der Waals surface area contributed by atoms with Crippen molar-refractivity contribution in [3.8, 4) is 11.3 Å². The van der Waals surface area contributed by atoms with Crippen molar-refractivity contribution in [1.82, 2.24) is 4.98 Å². The Morgan fingerprint density at radius 3 is 2.26 bits per heavy atom. The largest absolute Gasteiger partial charge is 0.386 e. The van der Waals surface area contributed by atoms with Gasteiger partial charge < -0.3 is 5.11 Å². The molecule has 0 atom stereocenters. The van der Waals surface area contributed by atoms with Crippen LogP contribution in [0.25, 0.3) is 11.3 Å². The van der Waals surface area contributed by atoms with Gasteiger partial charge in [-0.1, -0.05) is 11.6 Å². The molecule has 0 radical (unpaired) electrons. The number of nitrogens with zero attached hydrogens (tertiary/aromatic N) is 1. The van der Waals surface area contributed by atoms with E-state index >= 15 is 0 Å². The van der Waals surface area contributed by atoms with E-state index < -0.39 is 11.4 Å². The van der Waals surface area contributed by atoms with Gasteiger partial charge in [-0.15, -0.1) is 0 Å². The molecule has 0 unspecified atom stereocenters. The second kappa shape index (κ2) is 4.87. The van der Waals surface area contributed by atoms with Gasteiger partial charge in [0, 0.05) is 11.1 Å². The van der Waals surface area contributed by atoms with E-state index in [9.17, 15) is 13.9 Å². The molecule has 2 nitrogen and oxygen atoms in total. The van der Waals surface area contributed by atoms with Crippen molar-refractivity contribution >= 4 is 11.6 Å². The zero-order valence-corrected chi connectivity index (χ0v) is 11.2. The lowest BCUT2D eigenvalue weighted by Crippen LogP contribution is -2.18. The molecule has 1 aromatic heterocycles. The molecule has 19 heavy (non-hydrogen) atoms. The lowest BCUT2D eigenvalue weighted by Gasteiger charge is -2.19. The maximum atomic E-state index is 13.8. The number of hydrogen-bond donors (Lipinski definition) is 1. The highest BCUT2D eigenvalue weighted by Crippen LogP contribution is 2.30. The normalized spacial score (nSPS) is 11.7. The van der Waals surface area contributed by atoms with Crippen LogP contribution in [-0.2, 0) is 5.60 Å². The third-order valence-corrected chi connectivity index (χ3v) is 2.97. The topological polar surface area (TPSA) is 33.1 Å². The molecule has 5 heteroatoms. The second-order valence-electron chi connectivity index (χ2n) is 4.73. The standard InChI is InChI=1S/C14H12ClF2NO/c1-14(2,19)10-7-11(18-13(15)12(10)17)8-3-5-9(16)6-4-8/h3-7,19H,1-2H3. The molecule has 1 aromatic carbocycles. The molecule has 0 aliphatic heterocycles. The molecule has 1 heterocycles. The molecule has 0 bridgehead atoms. The first-order valence-corrected chi connectivity index (χ1v) is 6.01. The van der Waals surface area contributed by atoms with Crippen LogP contribution in [0.3, 0.4) is 0 Å². The summed E-state index contributed by atoms with van der Waals surface area (Å²) >= 11 is 5.73. The van der Waals surface area contributed by atoms with E-state index in [4.69, 9.17) is 11.6 Å². The third kappa shape index (κ3) is 2.91. The predicted octanol–water partition coefficient (Wildman–Crippen LogP) is 3.91. The van der Waals surface area contributed by atoms with E-state index in [1.54, 1.807) is 0 Å². The van der Waals surface area contributed by atoms with Gasteiger partial charge in [-0.3, -0.25) is 0 Å². The Balaban J connectivity index is 2.60. The van der Waals surface area contributed by atoms with Crippen molar-refractivity contribution in [2.45, 2.75) is 19.4 Å². The first-order chi connectivity index (χ1) is 8.79. The fourth-order valence-electron chi connectivity index (χ4n) is 1.71. The molecular formula is C14H12ClF2NO. The maximum Gasteiger partial charge on any atom is 0.166 e. The van der Waals surface area contributed by atoms with Gasteiger partial charge in [-0.25, -0.2) is 13.8 Å². The molecule has 0 aliphatic rings. The van der Waals surface area contributed by atoms with Crippen LogP contribution in [0.1, 0.15) is 19.4 Å². The summed E-state index contributed by atoms with van der Waals surface area (Å²) < 4.78 is 26.7. The summed E-state index contributed by atoms with van der Waals surface area (Å²) in [5.74, 6) is -1.13. The van der Waals surface area contributed by atoms with E-state index in [0.717, 1.165) is 0 Å². The molecule has 0 saturated heterocycles. The Morgan fingerprint density at radius 2 is 1.74 bits per heavy atom. The van der Waals surface area contributed by atoms with Crippen molar-refractivity contribution < 1.29 is 13.9 Å². The molecule has 0 amide bonds. The number of pyridine rings is 1. The monoisotopic (exact) mass is 283 g/mol. The fourth-order valence-corrected chi connectivity index (χ4v) is 1.90. The average molecular weight is 284 g/mol. The van der Waals surface area contributed by atoms with Gasteiger partial charge in [0.2, 0.25) is 0 Å². The van der Waals surface area contributed by atoms with Gasteiger partial charge in [0.05, 0.1) is 11.3 Å². The molecule has 1 N–H and O–H groups in total. The number of benzene rings is 1. The molecular weight excluding hydrogens is 272 g/mol. The van der Waals surface area contributed by atoms with E-state index in [-0.39, 0.29) is 16.5 Å². The Hall–Kier alpha value is -1.52. The highest BCUT2D eigenvalue weighted by Gasteiger charge is 2.24. The SMILES string of the molecule is CC(C)(O)c1cc(-c2ccc(F)cc2)nc(Cl)c1F. The number of hydrogen-bond acceptors (Lipinski definition) is 2. The van der Waals surface area contributed by atoms with Crippen LogP contribution >= 0.6 is 11.6 Å². The summed E-state index contributed by atoms with van der Waals surface area (Å²) in [6.07, 6.45) is 0. The number of aliphatic hydroxyl groups is 1. The smallest absolute Gasteiger partial charge is 0.166 e. The lowest BCUT2D eigenvalue weighted by molar-refractivity contribution is 0.0744. The molecule has 2 rings (SSSR count). The van der Waals surface area contributed by atoms with Crippen molar-refractivity contribution in [1.29, 1.82) is 0 Å². The quantitative estimate of drug-likeness (QED) is 0.848. The minimum atomic E-state index is -1.38. The Kier molecular flexibility index (Phi) is 3.56. The van der Waals surface area contributed by atoms with Crippen molar-refractivity contribution in [2.75, 3.05) is 0 Å². The number of rotatable bonds is 2. The van der Waals surface area contributed by atoms with Gasteiger partial charge in [0.25, 0.3) is 0 Å². The van der Waals surface area contributed by atoms with Crippen molar-refractivity contribution in [3.05, 3.63) is 52.7 Å². The Labute approximate surface area is 114 Å². The first-order valence-electron chi connectivity index (χ1n) is 5.64. The molecule has 0 fully saturated rings. The number of halogens is 3. The predicted molar refractivity (Wildman–Crippen MR) is 69.8 cm³/mol. The van der Waals surface area contributed by atoms with E-state index in [1.807, 2.05) is 0 Å². The zero-order chi connectivity index (χ0) is 14.2. The zero-order valence-electron chi connectivity index (χ0n) is 10.4. The average Bonchev–Trinajstić information content (AvgIpc) is 2.32. The summed E-state index contributed by atoms with van der Waals surface area (Å²) in [5.41, 5.74) is -0.366. The van der Waals surface area contributed by atoms with Crippen molar-refractivity contribution in [3.63, 3.8) is 0 Å². The summed E-state index contributed by atoms with van der Waals surface area (Å²) in [6, 6.07) is 6.99. The highest BCUT2D eigenvalue weighted by atomic mass is 35.5. The molecule has 0 spiro atoms. The molecule has 2 aromatic rings. The van der Waals surface area contributed by atoms with Gasteiger partial charge in [-0.2, -0.15) is 0 Å². The van der Waals surface area contributed by atoms with E-state index in [2.05, 4.69) is 4.98 Å². The van der Waals surface area contributed by atoms with Gasteiger partial charge in [0.1, 0.15) is 5.82 Å². The van der Waals surface area contributed by atoms with Crippen LogP contribution < -0.4 is 0 Å². The fraction of sp³-hybridized carbons (Fsp3) is 0.214. The van der Waals surface area contributed by atoms with Crippen LogP contribution in [0, 0.1) is 11.6 Å². The third-order valence-electron chi connectivity index (χ3n) is 2.72. The highest BCUT2D eigenvalue weighted by molar-refractivity contribution is 6.29. The molecule has 0 saturated carbocycles. The van der Waals surface area contributed by atoms with E-state index in [1.165, 1.54) is 44.2 Å². The number of aromatic nitrogens is 1. The van der Waals surface area contributed by atoms with Gasteiger partial charge in [0.15, 0.2) is 11.0 Å².